The number of nitrogens with zero attached hydrogens (tertiary/aromatic N) is 7. The monoisotopic (exact) mass is 1270 g/mol. The first kappa shape index (κ1) is 81.5. The van der Waals surface area contributed by atoms with Gasteiger partial charge in [-0.3, -0.25) is 57.5 Å². The second-order valence-electron chi connectivity index (χ2n) is 27.0. The smallest absolute Gasteiger partial charge is 0.251 e. The maximum atomic E-state index is 15.2. The average molecular weight is 1270 g/mol. The van der Waals surface area contributed by atoms with Gasteiger partial charge < -0.3 is 65.0 Å². The van der Waals surface area contributed by atoms with E-state index in [2.05, 4.69) is 21.3 Å². The summed E-state index contributed by atoms with van der Waals surface area (Å²) in [5, 5.41) is 10.9. The van der Waals surface area contributed by atoms with Crippen molar-refractivity contribution in [2.24, 2.45) is 35.5 Å². The number of hydrogen-bond donors (Lipinski definition) is 4. The van der Waals surface area contributed by atoms with Crippen LogP contribution in [0.4, 0.5) is 0 Å². The van der Waals surface area contributed by atoms with Crippen molar-refractivity contribution in [2.45, 2.75) is 229 Å². The number of Topliss-reactive ketones (excluding diaryl/α,β-unsaturated/α-hetero) is 1. The number of ketones is 1. The van der Waals surface area contributed by atoms with Crippen molar-refractivity contribution in [3.63, 3.8) is 0 Å². The third-order valence-corrected chi connectivity index (χ3v) is 16.6. The number of amides is 11. The van der Waals surface area contributed by atoms with E-state index in [4.69, 9.17) is 9.47 Å². The predicted octanol–water partition coefficient (Wildman–Crippen LogP) is 3.61. The summed E-state index contributed by atoms with van der Waals surface area (Å²) >= 11 is 0. The number of carbonyl (C=O) groups excluding carboxylic acids is 12. The number of ether oxygens (including phenoxy) is 2. The standard InChI is InChI=1S/C65H115N11O14/c1-26-29-30-42(14)54(78)53-58(82)68-45(27-2)60(84)70(19)35-50(77)71(20)49(34-65(17,18)90-36-89-28-3)57(81)69-51(40(10)11)63(87)72(21)46(31-37(4)5)56(80)66-43(15)55(79)67-44(16)59(83)73(22)47(32-38(6)7)61(85)74(23)48(33-39(8)9)62(86)75(24)52(41(12)13)64(88)76(53)25/h26,29,37-49,51-53H,27-28,30-36H2,1-25H3,(H,66,80)(H,67,79)(H,68,82)(H,69,81)/b29-26+/t42-,43+,44-,45+,46+,47+,48+,49+,51+,52+,53+/m1/s1. The molecule has 4 N–H and O–H groups in total. The van der Waals surface area contributed by atoms with E-state index in [1.807, 2.05) is 41.5 Å². The highest BCUT2D eigenvalue weighted by atomic mass is 16.7. The molecule has 1 saturated heterocycles. The second kappa shape index (κ2) is 37.1. The Kier molecular flexibility index (Phi) is 33.6. The molecule has 90 heavy (non-hydrogen) atoms. The van der Waals surface area contributed by atoms with E-state index >= 15 is 9.59 Å². The topological polar surface area (TPSA) is 294 Å². The van der Waals surface area contributed by atoms with Gasteiger partial charge >= 0.3 is 0 Å². The molecule has 25 heteroatoms. The van der Waals surface area contributed by atoms with Crippen LogP contribution < -0.4 is 21.3 Å². The number of likely N-dealkylation sites (N-methyl/N-ethyl adjacent to an activating group) is 7. The molecule has 11 amide bonds. The van der Waals surface area contributed by atoms with E-state index < -0.39 is 161 Å². The Morgan fingerprint density at radius 1 is 0.544 bits per heavy atom. The first-order chi connectivity index (χ1) is 41.6. The van der Waals surface area contributed by atoms with E-state index in [0.717, 1.165) is 14.7 Å². The van der Waals surface area contributed by atoms with Gasteiger partial charge in [-0.2, -0.15) is 0 Å². The Morgan fingerprint density at radius 3 is 1.50 bits per heavy atom. The molecule has 1 aliphatic rings. The summed E-state index contributed by atoms with van der Waals surface area (Å²) in [6, 6.07) is -13.1. The fourth-order valence-electron chi connectivity index (χ4n) is 10.9. The lowest BCUT2D eigenvalue weighted by Gasteiger charge is -2.40. The van der Waals surface area contributed by atoms with Gasteiger partial charge in [0.05, 0.1) is 12.1 Å². The molecule has 0 unspecified atom stereocenters. The highest BCUT2D eigenvalue weighted by molar-refractivity contribution is 6.10. The Hall–Kier alpha value is -6.50. The summed E-state index contributed by atoms with van der Waals surface area (Å²) in [5.74, 6) is -11.3. The van der Waals surface area contributed by atoms with E-state index in [9.17, 15) is 47.9 Å². The third-order valence-electron chi connectivity index (χ3n) is 16.6. The number of allylic oxidation sites excluding steroid dienone is 2. The summed E-state index contributed by atoms with van der Waals surface area (Å²) in [6.07, 6.45) is 3.88. The maximum Gasteiger partial charge on any atom is 0.251 e. The quantitative estimate of drug-likeness (QED) is 0.0622. The molecule has 0 spiro atoms. The summed E-state index contributed by atoms with van der Waals surface area (Å²) < 4.78 is 11.5. The van der Waals surface area contributed by atoms with Crippen molar-refractivity contribution in [3.8, 4) is 0 Å². The minimum Gasteiger partial charge on any atom is -0.356 e. The van der Waals surface area contributed by atoms with Gasteiger partial charge in [0.15, 0.2) is 11.8 Å². The number of rotatable bonds is 19. The fourth-order valence-corrected chi connectivity index (χ4v) is 10.9. The van der Waals surface area contributed by atoms with Crippen LogP contribution in [-0.2, 0) is 67.0 Å². The van der Waals surface area contributed by atoms with Gasteiger partial charge in [0.1, 0.15) is 61.2 Å². The Morgan fingerprint density at radius 2 is 1.02 bits per heavy atom. The lowest BCUT2D eigenvalue weighted by molar-refractivity contribution is -0.157. The van der Waals surface area contributed by atoms with Crippen molar-refractivity contribution >= 4 is 70.8 Å². The van der Waals surface area contributed by atoms with Crippen LogP contribution in [-0.4, -0.2) is 240 Å². The third kappa shape index (κ3) is 23.3. The first-order valence-corrected chi connectivity index (χ1v) is 32.0. The van der Waals surface area contributed by atoms with Crippen LogP contribution in [0.25, 0.3) is 0 Å². The van der Waals surface area contributed by atoms with Gasteiger partial charge in [-0.1, -0.05) is 95.2 Å². The molecule has 514 valence electrons. The van der Waals surface area contributed by atoms with Gasteiger partial charge in [-0.15, -0.1) is 0 Å². The van der Waals surface area contributed by atoms with Crippen molar-refractivity contribution in [1.82, 2.24) is 55.6 Å². The van der Waals surface area contributed by atoms with E-state index in [0.29, 0.717) is 6.61 Å². The summed E-state index contributed by atoms with van der Waals surface area (Å²) in [4.78, 5) is 184. The molecule has 0 aromatic rings. The normalized spacial score (nSPS) is 25.8. The molecule has 0 radical (unpaired) electrons. The Bertz CT molecular complexity index is 2500. The number of carbonyl (C=O) groups is 12. The average Bonchev–Trinajstić information content (AvgIpc) is 0.849. The molecular formula is C65H115N11O14. The van der Waals surface area contributed by atoms with Crippen molar-refractivity contribution < 1.29 is 67.0 Å². The van der Waals surface area contributed by atoms with Gasteiger partial charge in [-0.05, 0) is 103 Å². The van der Waals surface area contributed by atoms with Gasteiger partial charge in [0, 0.05) is 68.3 Å². The molecule has 0 aliphatic carbocycles. The van der Waals surface area contributed by atoms with Crippen LogP contribution in [0.2, 0.25) is 0 Å². The van der Waals surface area contributed by atoms with Crippen molar-refractivity contribution in [1.29, 1.82) is 0 Å². The van der Waals surface area contributed by atoms with Crippen LogP contribution in [0, 0.1) is 35.5 Å². The van der Waals surface area contributed by atoms with Gasteiger partial charge in [0.2, 0.25) is 59.1 Å². The zero-order chi connectivity index (χ0) is 69.7. The van der Waals surface area contributed by atoms with Crippen molar-refractivity contribution in [3.05, 3.63) is 12.2 Å². The molecule has 0 bridgehead atoms. The molecular weight excluding hydrogens is 1160 g/mol. The molecule has 1 fully saturated rings. The number of hydrogen-bond acceptors (Lipinski definition) is 14. The zero-order valence-corrected chi connectivity index (χ0v) is 59.1. The molecule has 0 aromatic carbocycles. The zero-order valence-electron chi connectivity index (χ0n) is 59.1. The highest BCUT2D eigenvalue weighted by Crippen LogP contribution is 2.26. The number of nitrogens with one attached hydrogen (secondary N) is 4. The van der Waals surface area contributed by atoms with Gasteiger partial charge in [0.25, 0.3) is 5.91 Å². The van der Waals surface area contributed by atoms with Crippen LogP contribution in [0.1, 0.15) is 163 Å². The summed E-state index contributed by atoms with van der Waals surface area (Å²) in [5.41, 5.74) is -1.13. The van der Waals surface area contributed by atoms with Crippen LogP contribution in [0.5, 0.6) is 0 Å². The first-order valence-electron chi connectivity index (χ1n) is 32.0. The Labute approximate surface area is 537 Å². The van der Waals surface area contributed by atoms with Gasteiger partial charge in [-0.25, -0.2) is 0 Å². The molecule has 1 aliphatic heterocycles. The molecule has 1 heterocycles. The SMILES string of the molecule is C/C=C/C[C@@H](C)C(=O)[C@H]1C(=O)N[C@@H](CC)C(=O)N(C)CC(=O)N(C)[C@@H](CC(C)(C)OCOCC)C(=O)N[C@@H](C(C)C)C(=O)N(C)[C@@H](CC(C)C)C(=O)N[C@@H](C)C(=O)N[C@H](C)C(=O)N(C)[C@@H](CC(C)C)C(=O)N(C)[C@@H](CC(C)C)C(=O)N(C)[C@@H](C(C)C)C(=O)N1C. The molecule has 0 saturated carbocycles. The molecule has 25 nitrogen and oxygen atoms in total. The fraction of sp³-hybridized carbons (Fsp3) is 0.785. The summed E-state index contributed by atoms with van der Waals surface area (Å²) in [6.45, 7) is 30.5. The highest BCUT2D eigenvalue weighted by Gasteiger charge is 2.46. The van der Waals surface area contributed by atoms with Crippen LogP contribution in [0.3, 0.4) is 0 Å². The molecule has 1 rings (SSSR count). The van der Waals surface area contributed by atoms with E-state index in [1.54, 1.807) is 81.4 Å². The Balaban J connectivity index is 4.41. The minimum absolute atomic E-state index is 0.0365. The van der Waals surface area contributed by atoms with E-state index in [-0.39, 0.29) is 63.1 Å². The lowest BCUT2D eigenvalue weighted by atomic mass is 9.92. The molecule has 11 atom stereocenters. The van der Waals surface area contributed by atoms with Crippen LogP contribution in [0.15, 0.2) is 12.2 Å². The minimum atomic E-state index is -1.83. The lowest BCUT2D eigenvalue weighted by Crippen LogP contribution is -2.63. The largest absolute Gasteiger partial charge is 0.356 e. The van der Waals surface area contributed by atoms with Crippen LogP contribution >= 0.6 is 0 Å². The summed E-state index contributed by atoms with van der Waals surface area (Å²) in [7, 11) is 9.68. The predicted molar refractivity (Wildman–Crippen MR) is 344 cm³/mol. The molecule has 0 aromatic heterocycles. The maximum absolute atomic E-state index is 15.2. The second-order valence-corrected chi connectivity index (χ2v) is 27.0. The van der Waals surface area contributed by atoms with Crippen molar-refractivity contribution in [2.75, 3.05) is 69.3 Å². The van der Waals surface area contributed by atoms with E-state index in [1.165, 1.54) is 82.8 Å².